The Morgan fingerprint density at radius 1 is 1.47 bits per heavy atom. The molecule has 2 rings (SSSR count). The second-order valence-electron chi connectivity index (χ2n) is 4.63. The summed E-state index contributed by atoms with van der Waals surface area (Å²) >= 11 is 5.86. The van der Waals surface area contributed by atoms with Crippen molar-refractivity contribution in [3.63, 3.8) is 0 Å². The van der Waals surface area contributed by atoms with Crippen molar-refractivity contribution in [2.24, 2.45) is 5.92 Å². The van der Waals surface area contributed by atoms with Crippen LogP contribution < -0.4 is 0 Å². The standard InChI is InChI=1S/C12H17ClN2O3S/c1-15(9-10-4-7-18-8-5-10)19(16,17)11-3-2-6-14-12(11)13/h2-3,6,10H,4-5,7-9H2,1H3. The topological polar surface area (TPSA) is 59.5 Å². The second-order valence-corrected chi connectivity index (χ2v) is 7.00. The van der Waals surface area contributed by atoms with E-state index in [1.54, 1.807) is 13.1 Å². The summed E-state index contributed by atoms with van der Waals surface area (Å²) in [7, 11) is -1.99. The van der Waals surface area contributed by atoms with E-state index in [1.165, 1.54) is 16.6 Å². The monoisotopic (exact) mass is 304 g/mol. The molecule has 1 saturated heterocycles. The van der Waals surface area contributed by atoms with Crippen LogP contribution >= 0.6 is 11.6 Å². The summed E-state index contributed by atoms with van der Waals surface area (Å²) in [4.78, 5) is 3.88. The van der Waals surface area contributed by atoms with Crippen molar-refractivity contribution in [3.05, 3.63) is 23.5 Å². The molecule has 0 spiro atoms. The average molecular weight is 305 g/mol. The lowest BCUT2D eigenvalue weighted by atomic mass is 10.0. The molecule has 7 heteroatoms. The zero-order valence-electron chi connectivity index (χ0n) is 10.8. The van der Waals surface area contributed by atoms with E-state index in [9.17, 15) is 8.42 Å². The molecule has 0 atom stereocenters. The summed E-state index contributed by atoms with van der Waals surface area (Å²) < 4.78 is 31.4. The third-order valence-electron chi connectivity index (χ3n) is 3.27. The molecule has 5 nitrogen and oxygen atoms in total. The van der Waals surface area contributed by atoms with E-state index in [-0.39, 0.29) is 10.0 Å². The molecule has 0 amide bonds. The van der Waals surface area contributed by atoms with Gasteiger partial charge in [0, 0.05) is 33.0 Å². The van der Waals surface area contributed by atoms with Crippen molar-refractivity contribution in [3.8, 4) is 0 Å². The average Bonchev–Trinajstić information content (AvgIpc) is 2.40. The maximum absolute atomic E-state index is 12.4. The summed E-state index contributed by atoms with van der Waals surface area (Å²) in [6, 6.07) is 3.05. The second kappa shape index (κ2) is 6.17. The number of aromatic nitrogens is 1. The largest absolute Gasteiger partial charge is 0.381 e. The van der Waals surface area contributed by atoms with E-state index in [0.29, 0.717) is 25.7 Å². The number of sulfonamides is 1. The third-order valence-corrected chi connectivity index (χ3v) is 5.54. The summed E-state index contributed by atoms with van der Waals surface area (Å²) in [5.41, 5.74) is 0. The van der Waals surface area contributed by atoms with Crippen LogP contribution in [0.15, 0.2) is 23.2 Å². The van der Waals surface area contributed by atoms with Gasteiger partial charge in [0.05, 0.1) is 0 Å². The van der Waals surface area contributed by atoms with Gasteiger partial charge in [0.15, 0.2) is 0 Å². The minimum absolute atomic E-state index is 0.0151. The van der Waals surface area contributed by atoms with Crippen LogP contribution in [0.25, 0.3) is 0 Å². The van der Waals surface area contributed by atoms with Crippen LogP contribution in [0.3, 0.4) is 0 Å². The molecule has 106 valence electrons. The van der Waals surface area contributed by atoms with Gasteiger partial charge in [-0.3, -0.25) is 0 Å². The number of hydrogen-bond donors (Lipinski definition) is 0. The molecule has 0 aliphatic carbocycles. The molecule has 1 aliphatic heterocycles. The molecule has 0 aromatic carbocycles. The molecule has 0 bridgehead atoms. The lowest BCUT2D eigenvalue weighted by Gasteiger charge is -2.26. The van der Waals surface area contributed by atoms with Crippen molar-refractivity contribution in [2.75, 3.05) is 26.8 Å². The Morgan fingerprint density at radius 3 is 2.79 bits per heavy atom. The highest BCUT2D eigenvalue weighted by Crippen LogP contribution is 2.24. The van der Waals surface area contributed by atoms with Gasteiger partial charge >= 0.3 is 0 Å². The Bertz CT molecular complexity index is 530. The number of hydrogen-bond acceptors (Lipinski definition) is 4. The van der Waals surface area contributed by atoms with E-state index in [1.807, 2.05) is 0 Å². The van der Waals surface area contributed by atoms with Gasteiger partial charge in [-0.05, 0) is 30.9 Å². The van der Waals surface area contributed by atoms with Crippen molar-refractivity contribution >= 4 is 21.6 Å². The van der Waals surface area contributed by atoms with Crippen molar-refractivity contribution in [2.45, 2.75) is 17.7 Å². The van der Waals surface area contributed by atoms with Crippen LogP contribution in [0.1, 0.15) is 12.8 Å². The molecule has 0 N–H and O–H groups in total. The molecular formula is C12H17ClN2O3S. The molecule has 0 unspecified atom stereocenters. The van der Waals surface area contributed by atoms with Gasteiger partial charge < -0.3 is 4.74 Å². The van der Waals surface area contributed by atoms with Gasteiger partial charge in [-0.25, -0.2) is 17.7 Å². The molecule has 0 radical (unpaired) electrons. The number of nitrogens with zero attached hydrogens (tertiary/aromatic N) is 2. The van der Waals surface area contributed by atoms with E-state index in [2.05, 4.69) is 4.98 Å². The van der Waals surface area contributed by atoms with Crippen molar-refractivity contribution in [1.29, 1.82) is 0 Å². The Morgan fingerprint density at radius 2 is 2.16 bits per heavy atom. The van der Waals surface area contributed by atoms with E-state index in [4.69, 9.17) is 16.3 Å². The fourth-order valence-corrected chi connectivity index (χ4v) is 3.79. The summed E-state index contributed by atoms with van der Waals surface area (Å²) in [5.74, 6) is 0.337. The van der Waals surface area contributed by atoms with Crippen molar-refractivity contribution < 1.29 is 13.2 Å². The first-order valence-corrected chi connectivity index (χ1v) is 7.98. The van der Waals surface area contributed by atoms with Crippen LogP contribution in [0, 0.1) is 5.92 Å². The predicted molar refractivity (Wildman–Crippen MR) is 72.6 cm³/mol. The van der Waals surface area contributed by atoms with Gasteiger partial charge in [-0.1, -0.05) is 11.6 Å². The van der Waals surface area contributed by atoms with Crippen LogP contribution in [0.4, 0.5) is 0 Å². The Balaban J connectivity index is 2.13. The molecule has 1 aromatic heterocycles. The molecule has 19 heavy (non-hydrogen) atoms. The zero-order chi connectivity index (χ0) is 13.9. The predicted octanol–water partition coefficient (Wildman–Crippen LogP) is 1.78. The summed E-state index contributed by atoms with van der Waals surface area (Å²) in [6.45, 7) is 1.88. The Hall–Kier alpha value is -0.690. The van der Waals surface area contributed by atoms with E-state index < -0.39 is 10.0 Å². The first-order chi connectivity index (χ1) is 9.01. The maximum atomic E-state index is 12.4. The minimum atomic E-state index is -3.57. The smallest absolute Gasteiger partial charge is 0.245 e. The Kier molecular flexibility index (Phi) is 4.78. The third kappa shape index (κ3) is 3.45. The van der Waals surface area contributed by atoms with Crippen LogP contribution in [-0.2, 0) is 14.8 Å². The lowest BCUT2D eigenvalue weighted by Crippen LogP contribution is -2.34. The van der Waals surface area contributed by atoms with Gasteiger partial charge in [0.2, 0.25) is 10.0 Å². The van der Waals surface area contributed by atoms with Gasteiger partial charge in [-0.15, -0.1) is 0 Å². The van der Waals surface area contributed by atoms with Gasteiger partial charge in [-0.2, -0.15) is 0 Å². The molecule has 1 aliphatic rings. The highest BCUT2D eigenvalue weighted by Gasteiger charge is 2.27. The van der Waals surface area contributed by atoms with E-state index in [0.717, 1.165) is 12.8 Å². The number of rotatable bonds is 4. The number of ether oxygens (including phenoxy) is 1. The lowest BCUT2D eigenvalue weighted by molar-refractivity contribution is 0.0620. The van der Waals surface area contributed by atoms with Crippen LogP contribution in [0.5, 0.6) is 0 Å². The van der Waals surface area contributed by atoms with Gasteiger partial charge in [0.25, 0.3) is 0 Å². The summed E-state index contributed by atoms with van der Waals surface area (Å²) in [6.07, 6.45) is 3.25. The Labute approximate surface area is 118 Å². The van der Waals surface area contributed by atoms with Crippen LogP contribution in [-0.4, -0.2) is 44.5 Å². The summed E-state index contributed by atoms with van der Waals surface area (Å²) in [5, 5.41) is 0.0151. The fourth-order valence-electron chi connectivity index (χ4n) is 2.12. The SMILES string of the molecule is CN(CC1CCOCC1)S(=O)(=O)c1cccnc1Cl. The van der Waals surface area contributed by atoms with E-state index >= 15 is 0 Å². The number of halogens is 1. The number of pyridine rings is 1. The molecule has 2 heterocycles. The minimum Gasteiger partial charge on any atom is -0.381 e. The van der Waals surface area contributed by atoms with Gasteiger partial charge in [0.1, 0.15) is 10.0 Å². The highest BCUT2D eigenvalue weighted by atomic mass is 35.5. The molecule has 0 saturated carbocycles. The van der Waals surface area contributed by atoms with Crippen molar-refractivity contribution in [1.82, 2.24) is 9.29 Å². The van der Waals surface area contributed by atoms with Crippen LogP contribution in [0.2, 0.25) is 5.15 Å². The maximum Gasteiger partial charge on any atom is 0.245 e. The quantitative estimate of drug-likeness (QED) is 0.796. The fraction of sp³-hybridized carbons (Fsp3) is 0.583. The normalized spacial score (nSPS) is 17.8. The molecule has 1 fully saturated rings. The zero-order valence-corrected chi connectivity index (χ0v) is 12.3. The first kappa shape index (κ1) is 14.7. The first-order valence-electron chi connectivity index (χ1n) is 6.16. The molecular weight excluding hydrogens is 288 g/mol. The molecule has 1 aromatic rings. The highest BCUT2D eigenvalue weighted by molar-refractivity contribution is 7.89.